The quantitative estimate of drug-likeness (QED) is 0.836. The number of fused-ring (bicyclic) bond motifs is 1. The number of hydrogen-bond donors (Lipinski definition) is 1. The van der Waals surface area contributed by atoms with E-state index in [1.54, 1.807) is 11.1 Å². The lowest BCUT2D eigenvalue weighted by molar-refractivity contribution is 0.287. The summed E-state index contributed by atoms with van der Waals surface area (Å²) >= 11 is 0. The van der Waals surface area contributed by atoms with Gasteiger partial charge in [0, 0.05) is 12.0 Å². The van der Waals surface area contributed by atoms with Gasteiger partial charge in [0.25, 0.3) is 0 Å². The maximum Gasteiger partial charge on any atom is 0.00829 e. The van der Waals surface area contributed by atoms with Gasteiger partial charge in [-0.05, 0) is 49.8 Å². The summed E-state index contributed by atoms with van der Waals surface area (Å²) in [7, 11) is 2.08. The molecular weight excluding hydrogens is 206 g/mol. The fourth-order valence-corrected chi connectivity index (χ4v) is 3.60. The minimum atomic E-state index is 0.373. The van der Waals surface area contributed by atoms with Gasteiger partial charge in [-0.3, -0.25) is 0 Å². The Morgan fingerprint density at radius 1 is 1.29 bits per heavy atom. The summed E-state index contributed by atoms with van der Waals surface area (Å²) in [6, 6.07) is 9.06. The van der Waals surface area contributed by atoms with Gasteiger partial charge in [-0.25, -0.2) is 0 Å². The second kappa shape index (κ2) is 5.22. The summed E-state index contributed by atoms with van der Waals surface area (Å²) in [6.07, 6.45) is 5.24. The molecule has 17 heavy (non-hydrogen) atoms. The van der Waals surface area contributed by atoms with Crippen LogP contribution in [0, 0.1) is 5.92 Å². The average molecular weight is 231 g/mol. The number of aryl methyl sites for hydroxylation is 1. The molecule has 0 saturated carbocycles. The third kappa shape index (κ3) is 2.55. The van der Waals surface area contributed by atoms with Crippen LogP contribution in [0.3, 0.4) is 0 Å². The average Bonchev–Trinajstić information content (AvgIpc) is 2.29. The van der Waals surface area contributed by atoms with E-state index in [-0.39, 0.29) is 0 Å². The molecule has 1 atom stereocenters. The zero-order valence-corrected chi connectivity index (χ0v) is 11.4. The molecule has 1 aliphatic carbocycles. The molecule has 2 rings (SSSR count). The molecule has 1 aliphatic rings. The molecule has 0 heterocycles. The normalized spacial score (nSPS) is 23.8. The van der Waals surface area contributed by atoms with Crippen molar-refractivity contribution in [3.63, 3.8) is 0 Å². The Kier molecular flexibility index (Phi) is 3.88. The zero-order valence-electron chi connectivity index (χ0n) is 11.4. The van der Waals surface area contributed by atoms with Crippen molar-refractivity contribution in [2.45, 2.75) is 44.9 Å². The minimum Gasteiger partial charge on any atom is -0.319 e. The molecule has 1 heteroatoms. The molecular formula is C16H25N. The van der Waals surface area contributed by atoms with Gasteiger partial charge in [0.2, 0.25) is 0 Å². The topological polar surface area (TPSA) is 12.0 Å². The van der Waals surface area contributed by atoms with Gasteiger partial charge in [0.05, 0.1) is 0 Å². The van der Waals surface area contributed by atoms with Gasteiger partial charge in [-0.2, -0.15) is 0 Å². The van der Waals surface area contributed by atoms with Crippen LogP contribution in [-0.2, 0) is 11.8 Å². The van der Waals surface area contributed by atoms with Gasteiger partial charge in [-0.15, -0.1) is 0 Å². The van der Waals surface area contributed by atoms with Gasteiger partial charge in [-0.1, -0.05) is 38.1 Å². The molecule has 0 fully saturated rings. The Labute approximate surface area is 106 Å². The summed E-state index contributed by atoms with van der Waals surface area (Å²) in [5.41, 5.74) is 3.56. The van der Waals surface area contributed by atoms with E-state index in [2.05, 4.69) is 50.5 Å². The Bertz CT molecular complexity index is 370. The fraction of sp³-hybridized carbons (Fsp3) is 0.625. The van der Waals surface area contributed by atoms with Crippen LogP contribution in [-0.4, -0.2) is 13.6 Å². The Morgan fingerprint density at radius 2 is 2.06 bits per heavy atom. The first-order valence-corrected chi connectivity index (χ1v) is 6.91. The SMILES string of the molecule is CNCC1(CC(C)C)CCCc2ccccc21. The largest absolute Gasteiger partial charge is 0.319 e. The van der Waals surface area contributed by atoms with Gasteiger partial charge in [0.15, 0.2) is 0 Å². The minimum absolute atomic E-state index is 0.373. The van der Waals surface area contributed by atoms with E-state index in [1.807, 2.05) is 0 Å². The van der Waals surface area contributed by atoms with E-state index in [4.69, 9.17) is 0 Å². The highest BCUT2D eigenvalue weighted by molar-refractivity contribution is 5.37. The highest BCUT2D eigenvalue weighted by atomic mass is 14.8. The van der Waals surface area contributed by atoms with E-state index in [1.165, 1.54) is 25.7 Å². The molecule has 94 valence electrons. The maximum absolute atomic E-state index is 3.42. The molecule has 1 unspecified atom stereocenters. The third-order valence-electron chi connectivity index (χ3n) is 4.00. The molecule has 0 spiro atoms. The predicted molar refractivity (Wildman–Crippen MR) is 74.4 cm³/mol. The van der Waals surface area contributed by atoms with E-state index < -0.39 is 0 Å². The summed E-state index contributed by atoms with van der Waals surface area (Å²) in [6.45, 7) is 5.80. The van der Waals surface area contributed by atoms with E-state index in [0.29, 0.717) is 5.41 Å². The molecule has 0 bridgehead atoms. The second-order valence-corrected chi connectivity index (χ2v) is 5.92. The van der Waals surface area contributed by atoms with Crippen LogP contribution in [0.5, 0.6) is 0 Å². The first-order valence-electron chi connectivity index (χ1n) is 6.91. The van der Waals surface area contributed by atoms with Crippen LogP contribution in [0.1, 0.15) is 44.2 Å². The number of rotatable bonds is 4. The number of nitrogens with one attached hydrogen (secondary N) is 1. The Morgan fingerprint density at radius 3 is 2.76 bits per heavy atom. The fourth-order valence-electron chi connectivity index (χ4n) is 3.60. The van der Waals surface area contributed by atoms with Crippen molar-refractivity contribution < 1.29 is 0 Å². The highest BCUT2D eigenvalue weighted by Crippen LogP contribution is 2.41. The van der Waals surface area contributed by atoms with Crippen molar-refractivity contribution in [3.05, 3.63) is 35.4 Å². The van der Waals surface area contributed by atoms with Crippen molar-refractivity contribution in [1.29, 1.82) is 0 Å². The monoisotopic (exact) mass is 231 g/mol. The standard InChI is InChI=1S/C16H25N/c1-13(2)11-16(12-17-3)10-6-8-14-7-4-5-9-15(14)16/h4-5,7,9,13,17H,6,8,10-12H2,1-3H3. The van der Waals surface area contributed by atoms with Crippen molar-refractivity contribution >= 4 is 0 Å². The van der Waals surface area contributed by atoms with Crippen LogP contribution in [0.25, 0.3) is 0 Å². The van der Waals surface area contributed by atoms with E-state index in [9.17, 15) is 0 Å². The van der Waals surface area contributed by atoms with Crippen molar-refractivity contribution in [2.24, 2.45) is 5.92 Å². The molecule has 0 saturated heterocycles. The molecule has 1 nitrogen and oxygen atoms in total. The van der Waals surface area contributed by atoms with E-state index in [0.717, 1.165) is 12.5 Å². The lowest BCUT2D eigenvalue weighted by atomic mass is 9.66. The van der Waals surface area contributed by atoms with Crippen LogP contribution < -0.4 is 5.32 Å². The molecule has 1 aromatic rings. The Balaban J connectivity index is 2.39. The van der Waals surface area contributed by atoms with Crippen LogP contribution in [0.4, 0.5) is 0 Å². The first kappa shape index (κ1) is 12.6. The zero-order chi connectivity index (χ0) is 12.3. The van der Waals surface area contributed by atoms with Gasteiger partial charge >= 0.3 is 0 Å². The van der Waals surface area contributed by atoms with Gasteiger partial charge in [0.1, 0.15) is 0 Å². The molecule has 1 N–H and O–H groups in total. The smallest absolute Gasteiger partial charge is 0.00829 e. The lowest BCUT2D eigenvalue weighted by Crippen LogP contribution is -2.41. The lowest BCUT2D eigenvalue weighted by Gasteiger charge is -2.40. The maximum atomic E-state index is 3.42. The first-order chi connectivity index (χ1) is 8.18. The summed E-state index contributed by atoms with van der Waals surface area (Å²) in [4.78, 5) is 0. The van der Waals surface area contributed by atoms with Crippen LogP contribution >= 0.6 is 0 Å². The highest BCUT2D eigenvalue weighted by Gasteiger charge is 2.36. The van der Waals surface area contributed by atoms with Crippen molar-refractivity contribution in [1.82, 2.24) is 5.32 Å². The Hall–Kier alpha value is -0.820. The van der Waals surface area contributed by atoms with Crippen molar-refractivity contribution in [2.75, 3.05) is 13.6 Å². The second-order valence-electron chi connectivity index (χ2n) is 5.92. The number of likely N-dealkylation sites (N-methyl/N-ethyl adjacent to an activating group) is 1. The molecule has 1 aromatic carbocycles. The number of benzene rings is 1. The van der Waals surface area contributed by atoms with E-state index >= 15 is 0 Å². The predicted octanol–water partition coefficient (Wildman–Crippen LogP) is 3.53. The van der Waals surface area contributed by atoms with Crippen molar-refractivity contribution in [3.8, 4) is 0 Å². The third-order valence-corrected chi connectivity index (χ3v) is 4.00. The molecule has 0 aliphatic heterocycles. The molecule has 0 amide bonds. The van der Waals surface area contributed by atoms with Crippen LogP contribution in [0.2, 0.25) is 0 Å². The van der Waals surface area contributed by atoms with Gasteiger partial charge < -0.3 is 5.32 Å². The molecule has 0 radical (unpaired) electrons. The summed E-state index contributed by atoms with van der Waals surface area (Å²) in [5, 5.41) is 3.42. The summed E-state index contributed by atoms with van der Waals surface area (Å²) < 4.78 is 0. The molecule has 0 aromatic heterocycles. The number of hydrogen-bond acceptors (Lipinski definition) is 1. The summed E-state index contributed by atoms with van der Waals surface area (Å²) in [5.74, 6) is 0.759. The van der Waals surface area contributed by atoms with Crippen LogP contribution in [0.15, 0.2) is 24.3 Å².